The maximum atomic E-state index is 5.36. The second-order valence-electron chi connectivity index (χ2n) is 11.7. The molecule has 0 spiro atoms. The summed E-state index contributed by atoms with van der Waals surface area (Å²) in [7, 11) is 0. The number of hydrogen-bond acceptors (Lipinski definition) is 1. The third-order valence-corrected chi connectivity index (χ3v) is 8.29. The van der Waals surface area contributed by atoms with E-state index in [9.17, 15) is 0 Å². The Morgan fingerprint density at radius 3 is 1.94 bits per heavy atom. The first-order valence-electron chi connectivity index (χ1n) is 16.4. The Morgan fingerprint density at radius 1 is 0.812 bits per heavy atom. The summed E-state index contributed by atoms with van der Waals surface area (Å²) in [6, 6.07) is 26.2. The predicted molar refractivity (Wildman–Crippen MR) is 218 cm³/mol. The van der Waals surface area contributed by atoms with Crippen LogP contribution in [0.4, 0.5) is 22.7 Å². The Kier molecular flexibility index (Phi) is 21.3. The van der Waals surface area contributed by atoms with Crippen molar-refractivity contribution in [1.29, 1.82) is 0 Å². The first-order chi connectivity index (χ1) is 22.2. The number of benzene rings is 4. The van der Waals surface area contributed by atoms with Gasteiger partial charge in [-0.3, -0.25) is 0 Å². The molecule has 0 aliphatic carbocycles. The fraction of sp³-hybridized carbons (Fsp3) is 0.318. The van der Waals surface area contributed by atoms with Crippen molar-refractivity contribution in [3.05, 3.63) is 143 Å². The Labute approximate surface area is 331 Å². The van der Waals surface area contributed by atoms with Crippen LogP contribution in [-0.4, -0.2) is 52.0 Å². The van der Waals surface area contributed by atoms with Crippen LogP contribution in [-0.2, 0) is 6.54 Å². The Morgan fingerprint density at radius 2 is 1.40 bits per heavy atom. The van der Waals surface area contributed by atoms with E-state index in [1.807, 2.05) is 0 Å². The molecule has 0 fully saturated rings. The summed E-state index contributed by atoms with van der Waals surface area (Å²) >= 11 is 0. The van der Waals surface area contributed by atoms with Gasteiger partial charge in [-0.15, -0.1) is 41.7 Å². The van der Waals surface area contributed by atoms with Crippen LogP contribution >= 0.6 is 0 Å². The van der Waals surface area contributed by atoms with Crippen LogP contribution in [0.15, 0.2) is 96.2 Å². The third kappa shape index (κ3) is 11.0. The Balaban J connectivity index is 0.00000355. The van der Waals surface area contributed by atoms with E-state index in [0.29, 0.717) is 11.8 Å². The van der Waals surface area contributed by atoms with Crippen LogP contribution in [0.5, 0.6) is 0 Å². The molecule has 0 amide bonds. The van der Waals surface area contributed by atoms with E-state index in [2.05, 4.69) is 172 Å². The van der Waals surface area contributed by atoms with Crippen molar-refractivity contribution in [2.75, 3.05) is 11.4 Å². The Hall–Kier alpha value is -2.94. The van der Waals surface area contributed by atoms with Crippen molar-refractivity contribution >= 4 is 79.0 Å². The second-order valence-corrected chi connectivity index (χ2v) is 11.7. The van der Waals surface area contributed by atoms with Gasteiger partial charge in [0.1, 0.15) is 0 Å². The van der Waals surface area contributed by atoms with Crippen molar-refractivity contribution in [2.45, 2.75) is 87.6 Å². The van der Waals surface area contributed by atoms with Crippen molar-refractivity contribution in [3.63, 3.8) is 0 Å². The SMILES string of the molecule is C#C.C/C=C(C)\C(=C/C)[N-]c1ccc2ccccc2c1CN(CC)c1cccc([N-]c2c(C(C)C)cccc2C(C)C)c1C.[CH2-]C.[CH3-].[Sr+2]. The average Bonchev–Trinajstić information content (AvgIpc) is 3.08. The van der Waals surface area contributed by atoms with E-state index in [0.717, 1.165) is 35.8 Å². The number of allylic oxidation sites excluding steroid dienone is 3. The van der Waals surface area contributed by atoms with Gasteiger partial charge in [-0.2, -0.15) is 6.92 Å². The monoisotopic (exact) mass is 715 g/mol. The fourth-order valence-corrected chi connectivity index (χ4v) is 5.65. The summed E-state index contributed by atoms with van der Waals surface area (Å²) in [6.45, 7) is 26.3. The molecule has 4 rings (SSSR count). The van der Waals surface area contributed by atoms with Gasteiger partial charge < -0.3 is 29.9 Å². The van der Waals surface area contributed by atoms with Crippen molar-refractivity contribution in [3.8, 4) is 12.8 Å². The molecular weight excluding hydrogens is 658 g/mol. The number of hydrogen-bond donors (Lipinski definition) is 0. The van der Waals surface area contributed by atoms with E-state index >= 15 is 0 Å². The molecule has 0 N–H and O–H groups in total. The predicted octanol–water partition coefficient (Wildman–Crippen LogP) is 13.8. The van der Waals surface area contributed by atoms with Crippen LogP contribution in [0.2, 0.25) is 0 Å². The summed E-state index contributed by atoms with van der Waals surface area (Å²) < 4.78 is 0. The van der Waals surface area contributed by atoms with Gasteiger partial charge in [0.25, 0.3) is 0 Å². The maximum Gasteiger partial charge on any atom is 2.00 e. The molecule has 0 aliphatic rings. The van der Waals surface area contributed by atoms with E-state index in [-0.39, 0.29) is 52.9 Å². The minimum absolute atomic E-state index is 0. The molecule has 0 radical (unpaired) electrons. The van der Waals surface area contributed by atoms with Gasteiger partial charge in [0.15, 0.2) is 0 Å². The van der Waals surface area contributed by atoms with Crippen LogP contribution in [0, 0.1) is 34.1 Å². The molecule has 4 heteroatoms. The molecule has 0 aromatic heterocycles. The molecule has 48 heavy (non-hydrogen) atoms. The van der Waals surface area contributed by atoms with Gasteiger partial charge in [0.2, 0.25) is 0 Å². The van der Waals surface area contributed by atoms with E-state index in [1.54, 1.807) is 6.92 Å². The van der Waals surface area contributed by atoms with Gasteiger partial charge in [0.05, 0.1) is 0 Å². The average molecular weight is 716 g/mol. The summed E-state index contributed by atoms with van der Waals surface area (Å²) in [6.07, 6.45) is 12.2. The molecular formula is C44H57N3Sr-2. The molecule has 3 nitrogen and oxygen atoms in total. The smallest absolute Gasteiger partial charge is 0.658 e. The van der Waals surface area contributed by atoms with E-state index in [1.165, 1.54) is 44.3 Å². The molecule has 0 heterocycles. The van der Waals surface area contributed by atoms with Gasteiger partial charge in [-0.25, -0.2) is 0 Å². The number of nitrogens with zero attached hydrogens (tertiary/aromatic N) is 3. The molecule has 0 unspecified atom stereocenters. The molecule has 0 aliphatic heterocycles. The zero-order valence-electron chi connectivity index (χ0n) is 31.6. The van der Waals surface area contributed by atoms with E-state index < -0.39 is 0 Å². The zero-order chi connectivity index (χ0) is 34.4. The molecule has 0 atom stereocenters. The molecule has 0 bridgehead atoms. The molecule has 4 aromatic carbocycles. The van der Waals surface area contributed by atoms with E-state index in [4.69, 9.17) is 10.6 Å². The van der Waals surface area contributed by atoms with Crippen molar-refractivity contribution < 1.29 is 0 Å². The standard InChI is InChI=1S/C39H47N3.C2H5.C2H2.CH3.Sr/c1-10-28(8)35(11-2)40-37-24-23-30-17-13-14-18-33(30)34(37)25-42(12-3)38-22-16-21-36(29(38)9)41-39-31(26(4)5)19-15-20-32(39)27(6)7;2*1-2;;/h10-11,13-24,26-27H,12,25H2,1-9H3;1H2,2H3;1-2H;1H3;/q-2;-1;;-1;+2/b28-10-,35-11+;;;;. The topological polar surface area (TPSA) is 31.4 Å². The van der Waals surface area contributed by atoms with Gasteiger partial charge in [-0.05, 0) is 74.4 Å². The van der Waals surface area contributed by atoms with Gasteiger partial charge in [-0.1, -0.05) is 117 Å². The van der Waals surface area contributed by atoms with Crippen LogP contribution in [0.1, 0.15) is 96.4 Å². The number of terminal acetylenes is 1. The normalized spacial score (nSPS) is 11.0. The van der Waals surface area contributed by atoms with Crippen LogP contribution in [0.3, 0.4) is 0 Å². The number of fused-ring (bicyclic) bond motifs is 1. The summed E-state index contributed by atoms with van der Waals surface area (Å²) in [5.41, 5.74) is 11.6. The Bertz CT molecular complexity index is 1620. The first kappa shape index (κ1) is 45.1. The number of rotatable bonds is 11. The van der Waals surface area contributed by atoms with Crippen LogP contribution in [0.25, 0.3) is 21.4 Å². The third-order valence-electron chi connectivity index (χ3n) is 8.29. The summed E-state index contributed by atoms with van der Waals surface area (Å²) in [5, 5.41) is 13.0. The molecule has 0 saturated carbocycles. The molecule has 252 valence electrons. The zero-order valence-corrected chi connectivity index (χ0v) is 35.0. The largest absolute Gasteiger partial charge is 2.00 e. The first-order valence-corrected chi connectivity index (χ1v) is 16.4. The quantitative estimate of drug-likeness (QED) is 0.0658. The second kappa shape index (κ2) is 22.6. The van der Waals surface area contributed by atoms with Gasteiger partial charge in [0, 0.05) is 18.8 Å². The number of para-hydroxylation sites is 1. The summed E-state index contributed by atoms with van der Waals surface area (Å²) in [5.74, 6) is 0.805. The fourth-order valence-electron chi connectivity index (χ4n) is 5.65. The number of anilines is 1. The van der Waals surface area contributed by atoms with Crippen molar-refractivity contribution in [2.24, 2.45) is 0 Å². The van der Waals surface area contributed by atoms with Crippen LogP contribution < -0.4 is 4.90 Å². The molecule has 4 aromatic rings. The van der Waals surface area contributed by atoms with Crippen molar-refractivity contribution in [1.82, 2.24) is 0 Å². The minimum Gasteiger partial charge on any atom is -0.658 e. The summed E-state index contributed by atoms with van der Waals surface area (Å²) in [4.78, 5) is 2.46. The molecule has 0 saturated heterocycles. The maximum absolute atomic E-state index is 5.36. The van der Waals surface area contributed by atoms with Gasteiger partial charge >= 0.3 is 45.5 Å². The minimum atomic E-state index is 0.